The molecule has 2 atom stereocenters. The minimum absolute atomic E-state index is 0.140. The first kappa shape index (κ1) is 16.0. The van der Waals surface area contributed by atoms with E-state index in [1.54, 1.807) is 24.3 Å². The fourth-order valence-corrected chi connectivity index (χ4v) is 4.13. The van der Waals surface area contributed by atoms with Crippen LogP contribution in [0.2, 0.25) is 0 Å². The lowest BCUT2D eigenvalue weighted by molar-refractivity contribution is -0.0440. The zero-order valence-electron chi connectivity index (χ0n) is 12.1. The lowest BCUT2D eigenvalue weighted by atomic mass is 10.2. The van der Waals surface area contributed by atoms with Gasteiger partial charge in [-0.1, -0.05) is 24.0 Å². The second-order valence-corrected chi connectivity index (χ2v) is 6.94. The highest BCUT2D eigenvalue weighted by atomic mass is 32.2. The first-order valence-electron chi connectivity index (χ1n) is 6.79. The number of benzene rings is 1. The normalized spacial score (nSPS) is 23.4. The van der Waals surface area contributed by atoms with E-state index in [1.807, 2.05) is 13.8 Å². The van der Waals surface area contributed by atoms with E-state index in [0.29, 0.717) is 18.7 Å². The predicted octanol–water partition coefficient (Wildman–Crippen LogP) is 0.828. The summed E-state index contributed by atoms with van der Waals surface area (Å²) >= 11 is 0. The maximum absolute atomic E-state index is 12.8. The maximum atomic E-state index is 12.8. The molecule has 0 spiro atoms. The molecule has 114 valence electrons. The summed E-state index contributed by atoms with van der Waals surface area (Å²) in [4.78, 5) is 0.173. The maximum Gasteiger partial charge on any atom is 0.244 e. The molecule has 0 saturated carbocycles. The van der Waals surface area contributed by atoms with Crippen molar-refractivity contribution in [1.82, 2.24) is 4.31 Å². The molecule has 2 rings (SSSR count). The summed E-state index contributed by atoms with van der Waals surface area (Å²) < 4.78 is 32.6. The van der Waals surface area contributed by atoms with Gasteiger partial charge in [-0.2, -0.15) is 4.31 Å². The molecule has 1 aliphatic rings. The van der Waals surface area contributed by atoms with E-state index in [2.05, 4.69) is 11.8 Å². The summed E-state index contributed by atoms with van der Waals surface area (Å²) in [7, 11) is -3.62. The second kappa shape index (κ2) is 6.58. The molecule has 1 saturated heterocycles. The van der Waals surface area contributed by atoms with Gasteiger partial charge in [0.1, 0.15) is 6.61 Å². The number of ether oxygens (including phenoxy) is 1. The number of aliphatic hydroxyl groups excluding tert-OH is 1. The van der Waals surface area contributed by atoms with Crippen LogP contribution in [0.25, 0.3) is 0 Å². The molecular weight excluding hydrogens is 290 g/mol. The van der Waals surface area contributed by atoms with Gasteiger partial charge < -0.3 is 9.84 Å². The molecule has 1 N–H and O–H groups in total. The topological polar surface area (TPSA) is 66.8 Å². The summed E-state index contributed by atoms with van der Waals surface area (Å²) in [6.07, 6.45) is -0.279. The van der Waals surface area contributed by atoms with Crippen molar-refractivity contribution in [3.8, 4) is 11.8 Å². The SMILES string of the molecule is CC1CN(S(=O)(=O)c2ccccc2C#CCO)CC(C)O1. The van der Waals surface area contributed by atoms with Crippen molar-refractivity contribution in [1.29, 1.82) is 0 Å². The molecule has 0 radical (unpaired) electrons. The van der Waals surface area contributed by atoms with Gasteiger partial charge in [0, 0.05) is 18.7 Å². The number of morpholine rings is 1. The Labute approximate surface area is 125 Å². The summed E-state index contributed by atoms with van der Waals surface area (Å²) in [6.45, 7) is 4.06. The van der Waals surface area contributed by atoms with Crippen LogP contribution in [0.1, 0.15) is 19.4 Å². The van der Waals surface area contributed by atoms with Gasteiger partial charge in [0.25, 0.3) is 0 Å². The van der Waals surface area contributed by atoms with Crippen LogP contribution in [0.5, 0.6) is 0 Å². The molecule has 5 nitrogen and oxygen atoms in total. The zero-order chi connectivity index (χ0) is 15.5. The number of hydrogen-bond acceptors (Lipinski definition) is 4. The molecule has 0 aromatic heterocycles. The lowest BCUT2D eigenvalue weighted by Crippen LogP contribution is -2.48. The standard InChI is InChI=1S/C15H19NO4S/c1-12-10-16(11-13(2)20-12)21(18,19)15-8-4-3-6-14(15)7-5-9-17/h3-4,6,8,12-13,17H,9-11H2,1-2H3. The highest BCUT2D eigenvalue weighted by Crippen LogP contribution is 2.23. The highest BCUT2D eigenvalue weighted by molar-refractivity contribution is 7.89. The third-order valence-corrected chi connectivity index (χ3v) is 5.08. The van der Waals surface area contributed by atoms with E-state index in [0.717, 1.165) is 0 Å². The molecule has 0 amide bonds. The smallest absolute Gasteiger partial charge is 0.244 e. The Morgan fingerprint density at radius 1 is 1.29 bits per heavy atom. The molecule has 1 aliphatic heterocycles. The van der Waals surface area contributed by atoms with Crippen molar-refractivity contribution in [2.45, 2.75) is 31.0 Å². The molecule has 1 aromatic rings. The van der Waals surface area contributed by atoms with Gasteiger partial charge in [0.15, 0.2) is 0 Å². The van der Waals surface area contributed by atoms with Crippen LogP contribution in [-0.4, -0.2) is 49.7 Å². The van der Waals surface area contributed by atoms with E-state index < -0.39 is 10.0 Å². The molecule has 21 heavy (non-hydrogen) atoms. The fourth-order valence-electron chi connectivity index (χ4n) is 2.40. The minimum atomic E-state index is -3.62. The molecular formula is C15H19NO4S. The Morgan fingerprint density at radius 3 is 2.52 bits per heavy atom. The van der Waals surface area contributed by atoms with Gasteiger partial charge in [-0.15, -0.1) is 0 Å². The van der Waals surface area contributed by atoms with E-state index >= 15 is 0 Å². The van der Waals surface area contributed by atoms with Crippen molar-refractivity contribution in [3.05, 3.63) is 29.8 Å². The van der Waals surface area contributed by atoms with Crippen LogP contribution in [0, 0.1) is 11.8 Å². The summed E-state index contributed by atoms with van der Waals surface area (Å²) in [5, 5.41) is 8.79. The summed E-state index contributed by atoms with van der Waals surface area (Å²) in [5.41, 5.74) is 0.401. The van der Waals surface area contributed by atoms with Crippen LogP contribution >= 0.6 is 0 Å². The van der Waals surface area contributed by atoms with Crippen molar-refractivity contribution >= 4 is 10.0 Å². The third-order valence-electron chi connectivity index (χ3n) is 3.19. The summed E-state index contributed by atoms with van der Waals surface area (Å²) in [6, 6.07) is 6.58. The number of sulfonamides is 1. The highest BCUT2D eigenvalue weighted by Gasteiger charge is 2.33. The van der Waals surface area contributed by atoms with Gasteiger partial charge in [-0.05, 0) is 26.0 Å². The van der Waals surface area contributed by atoms with Crippen molar-refractivity contribution in [2.75, 3.05) is 19.7 Å². The van der Waals surface area contributed by atoms with E-state index in [9.17, 15) is 8.42 Å². The largest absolute Gasteiger partial charge is 0.384 e. The van der Waals surface area contributed by atoms with Crippen LogP contribution < -0.4 is 0 Å². The molecule has 1 heterocycles. The minimum Gasteiger partial charge on any atom is -0.384 e. The fraction of sp³-hybridized carbons (Fsp3) is 0.467. The van der Waals surface area contributed by atoms with Gasteiger partial charge in [-0.3, -0.25) is 0 Å². The van der Waals surface area contributed by atoms with Gasteiger partial charge in [0.05, 0.1) is 17.1 Å². The zero-order valence-corrected chi connectivity index (χ0v) is 12.9. The number of hydrogen-bond donors (Lipinski definition) is 1. The average Bonchev–Trinajstić information content (AvgIpc) is 2.44. The number of rotatable bonds is 2. The van der Waals surface area contributed by atoms with Gasteiger partial charge >= 0.3 is 0 Å². The van der Waals surface area contributed by atoms with Crippen molar-refractivity contribution in [2.24, 2.45) is 0 Å². The van der Waals surface area contributed by atoms with Crippen molar-refractivity contribution in [3.63, 3.8) is 0 Å². The van der Waals surface area contributed by atoms with Gasteiger partial charge in [-0.25, -0.2) is 8.42 Å². The molecule has 6 heteroatoms. The first-order chi connectivity index (χ1) is 9.95. The van der Waals surface area contributed by atoms with E-state index in [4.69, 9.17) is 9.84 Å². The number of nitrogens with zero attached hydrogens (tertiary/aromatic N) is 1. The Kier molecular flexibility index (Phi) is 5.01. The Bertz CT molecular complexity index is 650. The van der Waals surface area contributed by atoms with Crippen LogP contribution in [0.3, 0.4) is 0 Å². The molecule has 1 fully saturated rings. The van der Waals surface area contributed by atoms with Crippen LogP contribution in [0.15, 0.2) is 29.2 Å². The van der Waals surface area contributed by atoms with E-state index in [1.165, 1.54) is 4.31 Å². The van der Waals surface area contributed by atoms with Crippen LogP contribution in [0.4, 0.5) is 0 Å². The second-order valence-electron chi connectivity index (χ2n) is 5.04. The molecule has 1 aromatic carbocycles. The molecule has 2 unspecified atom stereocenters. The van der Waals surface area contributed by atoms with Crippen LogP contribution in [-0.2, 0) is 14.8 Å². The van der Waals surface area contributed by atoms with Crippen molar-refractivity contribution < 1.29 is 18.3 Å². The third kappa shape index (κ3) is 3.63. The number of aliphatic hydroxyl groups is 1. The predicted molar refractivity (Wildman–Crippen MR) is 79.2 cm³/mol. The lowest BCUT2D eigenvalue weighted by Gasteiger charge is -2.34. The average molecular weight is 309 g/mol. The van der Waals surface area contributed by atoms with E-state index in [-0.39, 0.29) is 23.7 Å². The first-order valence-corrected chi connectivity index (χ1v) is 8.23. The molecule has 0 aliphatic carbocycles. The molecule has 0 bridgehead atoms. The Morgan fingerprint density at radius 2 is 1.90 bits per heavy atom. The Balaban J connectivity index is 2.40. The quantitative estimate of drug-likeness (QED) is 0.822. The summed E-state index contributed by atoms with van der Waals surface area (Å²) in [5.74, 6) is 5.19. The van der Waals surface area contributed by atoms with Gasteiger partial charge in [0.2, 0.25) is 10.0 Å². The monoisotopic (exact) mass is 309 g/mol. The Hall–Kier alpha value is -1.39.